The Morgan fingerprint density at radius 3 is 2.27 bits per heavy atom. The van der Waals surface area contributed by atoms with Crippen LogP contribution in [0.5, 0.6) is 5.75 Å². The van der Waals surface area contributed by atoms with Gasteiger partial charge in [-0.25, -0.2) is 8.42 Å². The zero-order chi connectivity index (χ0) is 27.9. The lowest BCUT2D eigenvalue weighted by atomic mass is 10.1. The third kappa shape index (κ3) is 8.42. The van der Waals surface area contributed by atoms with E-state index in [1.165, 1.54) is 24.1 Å². The van der Waals surface area contributed by atoms with Gasteiger partial charge in [0.05, 0.1) is 18.3 Å². The number of methoxy groups -OCH3 is 1. The summed E-state index contributed by atoms with van der Waals surface area (Å²) in [5.41, 5.74) is 0.192. The van der Waals surface area contributed by atoms with Crippen LogP contribution in [0.2, 0.25) is 0 Å². The van der Waals surface area contributed by atoms with Gasteiger partial charge in [0.25, 0.3) is 5.69 Å². The number of amides is 2. The zero-order valence-electron chi connectivity index (χ0n) is 21.3. The molecule has 0 aromatic heterocycles. The number of nitrogens with zero attached hydrogens (tertiary/aromatic N) is 3. The highest BCUT2D eigenvalue weighted by atomic mass is 79.9. The van der Waals surface area contributed by atoms with Gasteiger partial charge in [-0.05, 0) is 36.6 Å². The molecule has 0 aliphatic carbocycles. The maximum absolute atomic E-state index is 13.6. The predicted octanol–water partition coefficient (Wildman–Crippen LogP) is 3.32. The van der Waals surface area contributed by atoms with Gasteiger partial charge in [-0.3, -0.25) is 24.0 Å². The second-order valence-electron chi connectivity index (χ2n) is 8.85. The number of hydrogen-bond donors (Lipinski definition) is 1. The molecule has 0 spiro atoms. The van der Waals surface area contributed by atoms with Gasteiger partial charge in [-0.1, -0.05) is 41.9 Å². The molecule has 0 radical (unpaired) electrons. The van der Waals surface area contributed by atoms with E-state index in [9.17, 15) is 28.1 Å². The molecule has 2 aromatic rings. The number of hydrogen-bond acceptors (Lipinski definition) is 7. The summed E-state index contributed by atoms with van der Waals surface area (Å²) in [6.07, 6.45) is 0.885. The van der Waals surface area contributed by atoms with Crippen LogP contribution in [-0.2, 0) is 26.2 Å². The molecule has 0 heterocycles. The first-order valence-electron chi connectivity index (χ1n) is 11.4. The topological polar surface area (TPSA) is 139 Å². The Labute approximate surface area is 225 Å². The van der Waals surface area contributed by atoms with Gasteiger partial charge in [-0.15, -0.1) is 0 Å². The van der Waals surface area contributed by atoms with Gasteiger partial charge in [0, 0.05) is 29.7 Å². The number of rotatable bonds is 12. The van der Waals surface area contributed by atoms with Crippen molar-refractivity contribution in [1.82, 2.24) is 10.2 Å². The fourth-order valence-electron chi connectivity index (χ4n) is 3.40. The summed E-state index contributed by atoms with van der Waals surface area (Å²) in [6.45, 7) is 5.17. The van der Waals surface area contributed by atoms with Crippen molar-refractivity contribution in [3.63, 3.8) is 0 Å². The zero-order valence-corrected chi connectivity index (χ0v) is 23.7. The number of benzene rings is 2. The number of nitrogens with one attached hydrogen (secondary N) is 1. The van der Waals surface area contributed by atoms with Crippen LogP contribution in [0.25, 0.3) is 0 Å². The summed E-state index contributed by atoms with van der Waals surface area (Å²) >= 11 is 3.36. The molecule has 0 aliphatic rings. The molecular formula is C24H31BrN4O7S. The van der Waals surface area contributed by atoms with E-state index in [1.807, 2.05) is 13.8 Å². The second-order valence-corrected chi connectivity index (χ2v) is 11.7. The molecule has 11 nitrogen and oxygen atoms in total. The van der Waals surface area contributed by atoms with Crippen LogP contribution in [0.1, 0.15) is 26.3 Å². The predicted molar refractivity (Wildman–Crippen MR) is 144 cm³/mol. The summed E-state index contributed by atoms with van der Waals surface area (Å²) in [5, 5.41) is 14.1. The SMILES string of the molecule is COc1ccc([N+](=O)[O-])cc1N(CC(=O)N(Cc1ccc(Br)cc1)[C@H](C)C(=O)NCC(C)C)S(C)(=O)=O. The van der Waals surface area contributed by atoms with E-state index in [4.69, 9.17) is 4.74 Å². The summed E-state index contributed by atoms with van der Waals surface area (Å²) in [6, 6.07) is 9.68. The number of carbonyl (C=O) groups is 2. The molecule has 0 aliphatic heterocycles. The number of sulfonamides is 1. The first-order chi connectivity index (χ1) is 17.2. The van der Waals surface area contributed by atoms with Crippen molar-refractivity contribution in [2.24, 2.45) is 5.92 Å². The van der Waals surface area contributed by atoms with Crippen LogP contribution in [0.3, 0.4) is 0 Å². The van der Waals surface area contributed by atoms with Crippen LogP contribution in [-0.4, -0.2) is 62.6 Å². The normalized spacial score (nSPS) is 12.1. The molecule has 0 saturated heterocycles. The lowest BCUT2D eigenvalue weighted by Gasteiger charge is -2.32. The van der Waals surface area contributed by atoms with Gasteiger partial charge in [0.15, 0.2) is 0 Å². The Morgan fingerprint density at radius 2 is 1.76 bits per heavy atom. The number of anilines is 1. The molecule has 0 unspecified atom stereocenters. The Balaban J connectivity index is 2.48. The smallest absolute Gasteiger partial charge is 0.271 e. The number of carbonyl (C=O) groups excluding carboxylic acids is 2. The molecule has 0 saturated carbocycles. The van der Waals surface area contributed by atoms with Gasteiger partial charge >= 0.3 is 0 Å². The molecular weight excluding hydrogens is 568 g/mol. The van der Waals surface area contributed by atoms with Gasteiger partial charge in [-0.2, -0.15) is 0 Å². The van der Waals surface area contributed by atoms with Crippen molar-refractivity contribution >= 4 is 49.1 Å². The average molecular weight is 600 g/mol. The standard InChI is InChI=1S/C24H31BrN4O7S/c1-16(2)13-26-24(31)17(3)27(14-18-6-8-19(25)9-7-18)23(30)15-28(37(5,34)35)21-12-20(29(32)33)10-11-22(21)36-4/h6-12,16-17H,13-15H2,1-5H3,(H,26,31)/t17-/m1/s1. The lowest BCUT2D eigenvalue weighted by Crippen LogP contribution is -2.51. The fourth-order valence-corrected chi connectivity index (χ4v) is 4.51. The van der Waals surface area contributed by atoms with Crippen molar-refractivity contribution in [2.45, 2.75) is 33.4 Å². The van der Waals surface area contributed by atoms with E-state index < -0.39 is 39.3 Å². The Bertz CT molecular complexity index is 1240. The number of non-ortho nitro benzene ring substituents is 1. The second kappa shape index (κ2) is 12.9. The highest BCUT2D eigenvalue weighted by Gasteiger charge is 2.32. The lowest BCUT2D eigenvalue weighted by molar-refractivity contribution is -0.384. The summed E-state index contributed by atoms with van der Waals surface area (Å²) < 4.78 is 32.3. The van der Waals surface area contributed by atoms with E-state index in [0.29, 0.717) is 6.54 Å². The van der Waals surface area contributed by atoms with E-state index in [1.54, 1.807) is 31.2 Å². The van der Waals surface area contributed by atoms with E-state index in [0.717, 1.165) is 26.7 Å². The molecule has 1 N–H and O–H groups in total. The molecule has 1 atom stereocenters. The molecule has 0 bridgehead atoms. The number of nitro benzene ring substituents is 1. The van der Waals surface area contributed by atoms with Crippen LogP contribution in [0.4, 0.5) is 11.4 Å². The van der Waals surface area contributed by atoms with Crippen molar-refractivity contribution < 1.29 is 27.7 Å². The number of ether oxygens (including phenoxy) is 1. The highest BCUT2D eigenvalue weighted by Crippen LogP contribution is 2.34. The minimum absolute atomic E-state index is 0.0333. The average Bonchev–Trinajstić information content (AvgIpc) is 2.83. The van der Waals surface area contributed by atoms with Crippen molar-refractivity contribution in [3.05, 3.63) is 62.6 Å². The Kier molecular flexibility index (Phi) is 10.4. The van der Waals surface area contributed by atoms with Crippen LogP contribution >= 0.6 is 15.9 Å². The van der Waals surface area contributed by atoms with Crippen molar-refractivity contribution in [3.8, 4) is 5.75 Å². The minimum Gasteiger partial charge on any atom is -0.495 e. The minimum atomic E-state index is -4.09. The molecule has 2 amide bonds. The largest absolute Gasteiger partial charge is 0.495 e. The Hall–Kier alpha value is -3.19. The number of halogens is 1. The third-order valence-electron chi connectivity index (χ3n) is 5.44. The number of nitro groups is 1. The molecule has 202 valence electrons. The Morgan fingerprint density at radius 1 is 1.14 bits per heavy atom. The van der Waals surface area contributed by atoms with E-state index >= 15 is 0 Å². The molecule has 0 fully saturated rings. The maximum Gasteiger partial charge on any atom is 0.271 e. The van der Waals surface area contributed by atoms with E-state index in [-0.39, 0.29) is 29.6 Å². The van der Waals surface area contributed by atoms with Gasteiger partial charge < -0.3 is 15.0 Å². The van der Waals surface area contributed by atoms with Crippen molar-refractivity contribution in [1.29, 1.82) is 0 Å². The first kappa shape index (κ1) is 30.0. The van der Waals surface area contributed by atoms with Gasteiger partial charge in [0.2, 0.25) is 21.8 Å². The first-order valence-corrected chi connectivity index (χ1v) is 14.0. The van der Waals surface area contributed by atoms with Crippen LogP contribution < -0.4 is 14.4 Å². The fraction of sp³-hybridized carbons (Fsp3) is 0.417. The van der Waals surface area contributed by atoms with E-state index in [2.05, 4.69) is 21.2 Å². The summed E-state index contributed by atoms with van der Waals surface area (Å²) in [7, 11) is -2.81. The summed E-state index contributed by atoms with van der Waals surface area (Å²) in [4.78, 5) is 38.4. The highest BCUT2D eigenvalue weighted by molar-refractivity contribution is 9.10. The molecule has 13 heteroatoms. The van der Waals surface area contributed by atoms with Crippen LogP contribution in [0.15, 0.2) is 46.9 Å². The maximum atomic E-state index is 13.6. The van der Waals surface area contributed by atoms with Gasteiger partial charge in [0.1, 0.15) is 24.0 Å². The summed E-state index contributed by atoms with van der Waals surface area (Å²) in [5.74, 6) is -0.841. The molecule has 37 heavy (non-hydrogen) atoms. The monoisotopic (exact) mass is 598 g/mol. The molecule has 2 aromatic carbocycles. The molecule has 2 rings (SSSR count). The third-order valence-corrected chi connectivity index (χ3v) is 7.09. The van der Waals surface area contributed by atoms with Crippen LogP contribution in [0, 0.1) is 16.0 Å². The van der Waals surface area contributed by atoms with Crippen molar-refractivity contribution in [2.75, 3.05) is 30.8 Å². The quantitative estimate of drug-likeness (QED) is 0.292.